The van der Waals surface area contributed by atoms with E-state index in [1.807, 2.05) is 13.8 Å². The fourth-order valence-electron chi connectivity index (χ4n) is 1.02. The predicted molar refractivity (Wildman–Crippen MR) is 53.8 cm³/mol. The van der Waals surface area contributed by atoms with Crippen molar-refractivity contribution < 1.29 is 14.7 Å². The summed E-state index contributed by atoms with van der Waals surface area (Å²) >= 11 is 0. The van der Waals surface area contributed by atoms with Gasteiger partial charge >= 0.3 is 5.97 Å². The van der Waals surface area contributed by atoms with Crippen LogP contribution in [-0.4, -0.2) is 23.5 Å². The smallest absolute Gasteiger partial charge is 0.308 e. The highest BCUT2D eigenvalue weighted by atomic mass is 16.4. The summed E-state index contributed by atoms with van der Waals surface area (Å²) in [5.41, 5.74) is 0. The Balaban J connectivity index is 4.08. The molecule has 0 bridgehead atoms. The largest absolute Gasteiger partial charge is 0.481 e. The van der Waals surface area contributed by atoms with Crippen LogP contribution in [0.3, 0.4) is 0 Å². The maximum Gasteiger partial charge on any atom is 0.308 e. The molecule has 0 saturated heterocycles. The average Bonchev–Trinajstić information content (AvgIpc) is 2.02. The Morgan fingerprint density at radius 2 is 1.71 bits per heavy atom. The van der Waals surface area contributed by atoms with Gasteiger partial charge in [0.2, 0.25) is 5.91 Å². The zero-order chi connectivity index (χ0) is 11.3. The lowest BCUT2D eigenvalue weighted by Crippen LogP contribution is -2.37. The van der Waals surface area contributed by atoms with Crippen molar-refractivity contribution in [2.75, 3.05) is 6.54 Å². The third-order valence-electron chi connectivity index (χ3n) is 2.14. The first kappa shape index (κ1) is 12.9. The first-order chi connectivity index (χ1) is 6.36. The molecule has 0 radical (unpaired) electrons. The second-order valence-electron chi connectivity index (χ2n) is 4.09. The molecule has 0 rings (SSSR count). The van der Waals surface area contributed by atoms with Gasteiger partial charge in [-0.15, -0.1) is 0 Å². The van der Waals surface area contributed by atoms with E-state index < -0.39 is 11.9 Å². The highest BCUT2D eigenvalue weighted by molar-refractivity contribution is 5.79. The van der Waals surface area contributed by atoms with E-state index in [1.165, 1.54) is 0 Å². The lowest BCUT2D eigenvalue weighted by atomic mass is 9.96. The number of carboxylic acid groups (broad SMARTS) is 1. The van der Waals surface area contributed by atoms with E-state index >= 15 is 0 Å². The summed E-state index contributed by atoms with van der Waals surface area (Å²) in [6.07, 6.45) is 0. The van der Waals surface area contributed by atoms with Crippen LogP contribution in [0.2, 0.25) is 0 Å². The van der Waals surface area contributed by atoms with Crippen molar-refractivity contribution in [2.24, 2.45) is 17.8 Å². The molecule has 0 fully saturated rings. The van der Waals surface area contributed by atoms with Gasteiger partial charge in [-0.2, -0.15) is 0 Å². The monoisotopic (exact) mass is 201 g/mol. The Morgan fingerprint density at radius 1 is 1.21 bits per heavy atom. The number of carbonyl (C=O) groups excluding carboxylic acids is 1. The van der Waals surface area contributed by atoms with Crippen molar-refractivity contribution in [3.63, 3.8) is 0 Å². The lowest BCUT2D eigenvalue weighted by Gasteiger charge is -2.17. The maximum absolute atomic E-state index is 11.2. The van der Waals surface area contributed by atoms with Gasteiger partial charge in [0, 0.05) is 12.5 Å². The molecule has 1 atom stereocenters. The minimum atomic E-state index is -0.857. The Hall–Kier alpha value is -1.06. The van der Waals surface area contributed by atoms with Crippen LogP contribution in [0, 0.1) is 17.8 Å². The number of hydrogen-bond donors (Lipinski definition) is 2. The summed E-state index contributed by atoms with van der Waals surface area (Å²) in [6.45, 7) is 7.44. The summed E-state index contributed by atoms with van der Waals surface area (Å²) in [4.78, 5) is 22.0. The molecule has 1 amide bonds. The molecular formula is C10H19NO3. The van der Waals surface area contributed by atoms with E-state index in [2.05, 4.69) is 5.32 Å². The molecule has 82 valence electrons. The van der Waals surface area contributed by atoms with Gasteiger partial charge in [-0.3, -0.25) is 9.59 Å². The van der Waals surface area contributed by atoms with Crippen LogP contribution >= 0.6 is 0 Å². The zero-order valence-corrected chi connectivity index (χ0v) is 9.20. The van der Waals surface area contributed by atoms with Gasteiger partial charge in [0.25, 0.3) is 0 Å². The highest BCUT2D eigenvalue weighted by Gasteiger charge is 2.22. The van der Waals surface area contributed by atoms with Gasteiger partial charge in [-0.05, 0) is 5.92 Å². The van der Waals surface area contributed by atoms with Crippen LogP contribution in [0.5, 0.6) is 0 Å². The van der Waals surface area contributed by atoms with E-state index in [-0.39, 0.29) is 24.3 Å². The van der Waals surface area contributed by atoms with Crippen LogP contribution in [0.25, 0.3) is 0 Å². The Bertz CT molecular complexity index is 211. The van der Waals surface area contributed by atoms with Crippen LogP contribution in [0.1, 0.15) is 27.7 Å². The minimum Gasteiger partial charge on any atom is -0.481 e. The number of rotatable bonds is 5. The number of aliphatic carboxylic acids is 1. The number of hydrogen-bond acceptors (Lipinski definition) is 2. The predicted octanol–water partition coefficient (Wildman–Crippen LogP) is 1.12. The van der Waals surface area contributed by atoms with Crippen LogP contribution in [-0.2, 0) is 9.59 Å². The summed E-state index contributed by atoms with van der Waals surface area (Å²) < 4.78 is 0. The summed E-state index contributed by atoms with van der Waals surface area (Å²) in [6, 6.07) is 0. The molecule has 0 aromatic carbocycles. The van der Waals surface area contributed by atoms with E-state index in [0.717, 1.165) is 0 Å². The first-order valence-electron chi connectivity index (χ1n) is 4.86. The molecular weight excluding hydrogens is 182 g/mol. The number of carbonyl (C=O) groups is 2. The van der Waals surface area contributed by atoms with E-state index in [4.69, 9.17) is 5.11 Å². The summed E-state index contributed by atoms with van der Waals surface area (Å²) in [5, 5.41) is 11.5. The second-order valence-corrected chi connectivity index (χ2v) is 4.09. The highest BCUT2D eigenvalue weighted by Crippen LogP contribution is 2.09. The van der Waals surface area contributed by atoms with Crippen LogP contribution in [0.4, 0.5) is 0 Å². The Labute approximate surface area is 84.7 Å². The molecule has 2 N–H and O–H groups in total. The van der Waals surface area contributed by atoms with Gasteiger partial charge in [-0.1, -0.05) is 27.7 Å². The molecule has 0 aliphatic carbocycles. The quantitative estimate of drug-likeness (QED) is 0.700. The van der Waals surface area contributed by atoms with Crippen molar-refractivity contribution >= 4 is 11.9 Å². The standard InChI is InChI=1S/C10H19NO3/c1-6(2)8(10(13)14)5-11-9(12)7(3)4/h6-8H,5H2,1-4H3,(H,11,12)(H,13,14). The molecule has 0 aromatic rings. The average molecular weight is 201 g/mol. The second kappa shape index (κ2) is 5.62. The maximum atomic E-state index is 11.2. The van der Waals surface area contributed by atoms with Crippen molar-refractivity contribution in [1.29, 1.82) is 0 Å². The number of amides is 1. The molecule has 4 nitrogen and oxygen atoms in total. The zero-order valence-electron chi connectivity index (χ0n) is 9.20. The van der Waals surface area contributed by atoms with Gasteiger partial charge in [0.05, 0.1) is 5.92 Å². The normalized spacial score (nSPS) is 13.0. The molecule has 0 heterocycles. The molecule has 0 aliphatic rings. The van der Waals surface area contributed by atoms with Gasteiger partial charge in [0.1, 0.15) is 0 Å². The van der Waals surface area contributed by atoms with Crippen molar-refractivity contribution in [1.82, 2.24) is 5.32 Å². The van der Waals surface area contributed by atoms with Crippen LogP contribution < -0.4 is 5.32 Å². The Morgan fingerprint density at radius 3 is 2.00 bits per heavy atom. The van der Waals surface area contributed by atoms with Crippen LogP contribution in [0.15, 0.2) is 0 Å². The summed E-state index contributed by atoms with van der Waals surface area (Å²) in [5.74, 6) is -1.53. The Kier molecular flexibility index (Phi) is 5.20. The van der Waals surface area contributed by atoms with Gasteiger partial charge < -0.3 is 10.4 Å². The van der Waals surface area contributed by atoms with Crippen molar-refractivity contribution in [2.45, 2.75) is 27.7 Å². The SMILES string of the molecule is CC(C)C(=O)NCC(C(=O)O)C(C)C. The molecule has 4 heteroatoms. The minimum absolute atomic E-state index is 0.0277. The lowest BCUT2D eigenvalue weighted by molar-refractivity contribution is -0.143. The molecule has 0 spiro atoms. The fourth-order valence-corrected chi connectivity index (χ4v) is 1.02. The van der Waals surface area contributed by atoms with E-state index in [0.29, 0.717) is 0 Å². The third kappa shape index (κ3) is 4.25. The van der Waals surface area contributed by atoms with Gasteiger partial charge in [0.15, 0.2) is 0 Å². The van der Waals surface area contributed by atoms with Crippen molar-refractivity contribution in [3.8, 4) is 0 Å². The van der Waals surface area contributed by atoms with E-state index in [1.54, 1.807) is 13.8 Å². The fraction of sp³-hybridized carbons (Fsp3) is 0.800. The number of carboxylic acids is 1. The molecule has 0 aromatic heterocycles. The molecule has 14 heavy (non-hydrogen) atoms. The number of nitrogens with one attached hydrogen (secondary N) is 1. The molecule has 0 saturated carbocycles. The van der Waals surface area contributed by atoms with Gasteiger partial charge in [-0.25, -0.2) is 0 Å². The first-order valence-corrected chi connectivity index (χ1v) is 4.86. The van der Waals surface area contributed by atoms with E-state index in [9.17, 15) is 9.59 Å². The third-order valence-corrected chi connectivity index (χ3v) is 2.14. The van der Waals surface area contributed by atoms with Crippen molar-refractivity contribution in [3.05, 3.63) is 0 Å². The topological polar surface area (TPSA) is 66.4 Å². The molecule has 0 aliphatic heterocycles. The summed E-state index contributed by atoms with van der Waals surface area (Å²) in [7, 11) is 0. The molecule has 1 unspecified atom stereocenters.